The van der Waals surface area contributed by atoms with Gasteiger partial charge in [-0.3, -0.25) is 4.79 Å². The molecule has 0 atom stereocenters. The van der Waals surface area contributed by atoms with Crippen LogP contribution in [0.25, 0.3) is 0 Å². The number of benzene rings is 1. The Balaban J connectivity index is 3.27. The van der Waals surface area contributed by atoms with Crippen LogP contribution in [0.5, 0.6) is 5.75 Å². The van der Waals surface area contributed by atoms with E-state index in [2.05, 4.69) is 12.6 Å². The van der Waals surface area contributed by atoms with E-state index in [1.54, 1.807) is 6.07 Å². The van der Waals surface area contributed by atoms with Crippen LogP contribution in [0.15, 0.2) is 12.1 Å². The SMILES string of the molecule is Cc1cc(C)c(C(C)(C)CC(=O)S)c(O)c1. The van der Waals surface area contributed by atoms with Crippen molar-refractivity contribution in [3.8, 4) is 5.75 Å². The van der Waals surface area contributed by atoms with E-state index in [-0.39, 0.29) is 16.3 Å². The van der Waals surface area contributed by atoms with Crippen molar-refractivity contribution >= 4 is 17.7 Å². The summed E-state index contributed by atoms with van der Waals surface area (Å²) in [5.74, 6) is 0.261. The number of phenols is 1. The fourth-order valence-corrected chi connectivity index (χ4v) is 2.69. The fraction of sp³-hybridized carbons (Fsp3) is 0.462. The van der Waals surface area contributed by atoms with Crippen molar-refractivity contribution in [3.63, 3.8) is 0 Å². The Bertz CT molecular complexity index is 399. The molecule has 0 amide bonds. The van der Waals surface area contributed by atoms with E-state index in [1.807, 2.05) is 33.8 Å². The minimum atomic E-state index is -0.388. The lowest BCUT2D eigenvalue weighted by Gasteiger charge is -2.27. The first-order valence-electron chi connectivity index (χ1n) is 5.26. The molecule has 0 aliphatic carbocycles. The van der Waals surface area contributed by atoms with Crippen molar-refractivity contribution in [2.24, 2.45) is 0 Å². The summed E-state index contributed by atoms with van der Waals surface area (Å²) in [6, 6.07) is 3.74. The second kappa shape index (κ2) is 4.50. The van der Waals surface area contributed by atoms with Gasteiger partial charge in [0.1, 0.15) is 5.75 Å². The molecular weight excluding hydrogens is 220 g/mol. The monoisotopic (exact) mass is 238 g/mol. The Morgan fingerprint density at radius 1 is 1.38 bits per heavy atom. The van der Waals surface area contributed by atoms with E-state index >= 15 is 0 Å². The zero-order valence-electron chi connectivity index (χ0n) is 10.2. The van der Waals surface area contributed by atoms with Crippen molar-refractivity contribution in [1.29, 1.82) is 0 Å². The van der Waals surface area contributed by atoms with Gasteiger partial charge >= 0.3 is 0 Å². The molecular formula is C13H18O2S. The van der Waals surface area contributed by atoms with Crippen LogP contribution in [0.2, 0.25) is 0 Å². The summed E-state index contributed by atoms with van der Waals surface area (Å²) in [6.07, 6.45) is 0.313. The number of hydrogen-bond donors (Lipinski definition) is 2. The van der Waals surface area contributed by atoms with Crippen LogP contribution in [0.4, 0.5) is 0 Å². The van der Waals surface area contributed by atoms with Gasteiger partial charge in [-0.2, -0.15) is 0 Å². The van der Waals surface area contributed by atoms with Crippen molar-refractivity contribution in [3.05, 3.63) is 28.8 Å². The highest BCUT2D eigenvalue weighted by Crippen LogP contribution is 2.37. The highest BCUT2D eigenvalue weighted by Gasteiger charge is 2.27. The van der Waals surface area contributed by atoms with Crippen molar-refractivity contribution in [2.45, 2.75) is 39.5 Å². The number of phenolic OH excluding ortho intramolecular Hbond substituents is 1. The van der Waals surface area contributed by atoms with Crippen molar-refractivity contribution in [2.75, 3.05) is 0 Å². The van der Waals surface area contributed by atoms with Gasteiger partial charge in [0.05, 0.1) is 0 Å². The molecule has 0 fully saturated rings. The molecule has 1 aromatic carbocycles. The summed E-state index contributed by atoms with van der Waals surface area (Å²) in [6.45, 7) is 7.77. The lowest BCUT2D eigenvalue weighted by atomic mass is 9.78. The maximum absolute atomic E-state index is 11.1. The first-order valence-corrected chi connectivity index (χ1v) is 5.71. The lowest BCUT2D eigenvalue weighted by molar-refractivity contribution is -0.111. The van der Waals surface area contributed by atoms with Crippen LogP contribution in [-0.4, -0.2) is 10.2 Å². The molecule has 2 nitrogen and oxygen atoms in total. The molecule has 1 rings (SSSR count). The first-order chi connectivity index (χ1) is 7.24. The van der Waals surface area contributed by atoms with Crippen LogP contribution in [0.1, 0.15) is 37.0 Å². The van der Waals surface area contributed by atoms with Crippen LogP contribution < -0.4 is 0 Å². The van der Waals surface area contributed by atoms with Gasteiger partial charge in [0.2, 0.25) is 0 Å². The topological polar surface area (TPSA) is 37.3 Å². The van der Waals surface area contributed by atoms with Crippen LogP contribution in [0, 0.1) is 13.8 Å². The summed E-state index contributed by atoms with van der Waals surface area (Å²) >= 11 is 3.81. The predicted octanol–water partition coefficient (Wildman–Crippen LogP) is 3.13. The van der Waals surface area contributed by atoms with E-state index in [9.17, 15) is 9.90 Å². The molecule has 0 saturated heterocycles. The van der Waals surface area contributed by atoms with E-state index < -0.39 is 0 Å². The van der Waals surface area contributed by atoms with E-state index in [0.717, 1.165) is 16.7 Å². The highest BCUT2D eigenvalue weighted by atomic mass is 32.1. The zero-order valence-corrected chi connectivity index (χ0v) is 11.1. The number of aryl methyl sites for hydroxylation is 2. The lowest BCUT2D eigenvalue weighted by Crippen LogP contribution is -2.21. The Hall–Kier alpha value is -0.960. The zero-order chi connectivity index (χ0) is 12.5. The second-order valence-electron chi connectivity index (χ2n) is 4.93. The maximum atomic E-state index is 11.1. The summed E-state index contributed by atoms with van der Waals surface area (Å²) in [5.41, 5.74) is 2.48. The summed E-state index contributed by atoms with van der Waals surface area (Å²) in [4.78, 5) is 11.1. The molecule has 88 valence electrons. The van der Waals surface area contributed by atoms with Crippen LogP contribution in [-0.2, 0) is 10.2 Å². The van der Waals surface area contributed by atoms with Crippen LogP contribution >= 0.6 is 12.6 Å². The third-order valence-electron chi connectivity index (χ3n) is 2.73. The number of carbonyl (C=O) groups excluding carboxylic acids is 1. The first kappa shape index (κ1) is 13.1. The number of rotatable bonds is 3. The number of hydrogen-bond acceptors (Lipinski definition) is 2. The van der Waals surface area contributed by atoms with Gasteiger partial charge in [-0.25, -0.2) is 0 Å². The van der Waals surface area contributed by atoms with E-state index in [1.165, 1.54) is 0 Å². The largest absolute Gasteiger partial charge is 0.508 e. The standard InChI is InChI=1S/C13H18O2S/c1-8-5-9(2)12(10(14)6-8)13(3,4)7-11(15)16/h5-6,14H,7H2,1-4H3,(H,15,16). The number of aromatic hydroxyl groups is 1. The molecule has 1 N–H and O–H groups in total. The molecule has 0 aromatic heterocycles. The van der Waals surface area contributed by atoms with Gasteiger partial charge in [-0.1, -0.05) is 19.9 Å². The Morgan fingerprint density at radius 3 is 2.38 bits per heavy atom. The van der Waals surface area contributed by atoms with Crippen molar-refractivity contribution in [1.82, 2.24) is 0 Å². The number of carbonyl (C=O) groups is 1. The summed E-state index contributed by atoms with van der Waals surface area (Å²) in [5, 5.41) is 9.82. The van der Waals surface area contributed by atoms with Gasteiger partial charge in [0.15, 0.2) is 5.12 Å². The smallest absolute Gasteiger partial charge is 0.186 e. The predicted molar refractivity (Wildman–Crippen MR) is 69.2 cm³/mol. The molecule has 0 heterocycles. The van der Waals surface area contributed by atoms with Gasteiger partial charge in [-0.15, -0.1) is 12.6 Å². The molecule has 0 unspecified atom stereocenters. The fourth-order valence-electron chi connectivity index (χ4n) is 2.29. The normalized spacial score (nSPS) is 11.6. The molecule has 3 heteroatoms. The third kappa shape index (κ3) is 2.79. The van der Waals surface area contributed by atoms with Gasteiger partial charge < -0.3 is 5.11 Å². The Labute approximate surface area is 102 Å². The molecule has 0 radical (unpaired) electrons. The van der Waals surface area contributed by atoms with Gasteiger partial charge in [0.25, 0.3) is 0 Å². The van der Waals surface area contributed by atoms with E-state index in [0.29, 0.717) is 6.42 Å². The number of thiol groups is 1. The van der Waals surface area contributed by atoms with Crippen molar-refractivity contribution < 1.29 is 9.90 Å². The molecule has 0 aliphatic heterocycles. The summed E-state index contributed by atoms with van der Waals surface area (Å²) < 4.78 is 0. The molecule has 1 aromatic rings. The minimum Gasteiger partial charge on any atom is -0.508 e. The second-order valence-corrected chi connectivity index (χ2v) is 5.43. The summed E-state index contributed by atoms with van der Waals surface area (Å²) in [7, 11) is 0. The molecule has 0 spiro atoms. The van der Waals surface area contributed by atoms with Gasteiger partial charge in [0, 0.05) is 17.4 Å². The van der Waals surface area contributed by atoms with Gasteiger partial charge in [-0.05, 0) is 31.0 Å². The van der Waals surface area contributed by atoms with Crippen LogP contribution in [0.3, 0.4) is 0 Å². The molecule has 0 aliphatic rings. The average Bonchev–Trinajstić information content (AvgIpc) is 1.96. The average molecular weight is 238 g/mol. The third-order valence-corrected chi connectivity index (χ3v) is 2.89. The molecule has 0 bridgehead atoms. The Kier molecular flexibility index (Phi) is 3.68. The minimum absolute atomic E-state index is 0.163. The molecule has 0 saturated carbocycles. The van der Waals surface area contributed by atoms with E-state index in [4.69, 9.17) is 0 Å². The highest BCUT2D eigenvalue weighted by molar-refractivity contribution is 7.96. The maximum Gasteiger partial charge on any atom is 0.186 e. The quantitative estimate of drug-likeness (QED) is 0.794. The molecule has 16 heavy (non-hydrogen) atoms. The Morgan fingerprint density at radius 2 is 1.94 bits per heavy atom.